The molecule has 8 heteroatoms. The van der Waals surface area contributed by atoms with Crippen LogP contribution in [0.4, 0.5) is 9.59 Å². The molecule has 1 aliphatic rings. The maximum atomic E-state index is 13.5. The Balaban J connectivity index is 2.23. The topological polar surface area (TPSA) is 85.2 Å². The molecule has 8 nitrogen and oxygen atoms in total. The Kier molecular flexibility index (Phi) is 7.00. The van der Waals surface area contributed by atoms with Crippen molar-refractivity contribution in [3.63, 3.8) is 0 Å². The third kappa shape index (κ3) is 6.15. The summed E-state index contributed by atoms with van der Waals surface area (Å²) in [5.41, 5.74) is 0.0811. The summed E-state index contributed by atoms with van der Waals surface area (Å²) in [5.74, 6) is 0. The number of hydrogen-bond donors (Lipinski definition) is 0. The van der Waals surface area contributed by atoms with Gasteiger partial charge in [0.25, 0.3) is 6.67 Å². The maximum Gasteiger partial charge on any atom is 0.435 e. The highest BCUT2D eigenvalue weighted by Crippen LogP contribution is 2.27. The zero-order valence-corrected chi connectivity index (χ0v) is 20.4. The van der Waals surface area contributed by atoms with Crippen LogP contribution in [-0.2, 0) is 9.47 Å². The molecule has 0 bridgehead atoms. The van der Waals surface area contributed by atoms with Crippen LogP contribution in [0.3, 0.4) is 0 Å². The van der Waals surface area contributed by atoms with E-state index in [1.165, 1.54) is 0 Å². The van der Waals surface area contributed by atoms with Crippen molar-refractivity contribution in [2.75, 3.05) is 6.67 Å². The van der Waals surface area contributed by atoms with Gasteiger partial charge in [0.2, 0.25) is 5.71 Å². The fourth-order valence-corrected chi connectivity index (χ4v) is 3.29. The van der Waals surface area contributed by atoms with Crippen LogP contribution in [0.2, 0.25) is 0 Å². The summed E-state index contributed by atoms with van der Waals surface area (Å²) >= 11 is 0. The van der Waals surface area contributed by atoms with Gasteiger partial charge in [0.15, 0.2) is 0 Å². The molecule has 1 aliphatic heterocycles. The highest BCUT2D eigenvalue weighted by atomic mass is 16.6. The van der Waals surface area contributed by atoms with E-state index in [4.69, 9.17) is 9.47 Å². The van der Waals surface area contributed by atoms with Gasteiger partial charge >= 0.3 is 12.2 Å². The van der Waals surface area contributed by atoms with E-state index in [0.29, 0.717) is 10.3 Å². The Morgan fingerprint density at radius 2 is 1.35 bits per heavy atom. The molecule has 34 heavy (non-hydrogen) atoms. The summed E-state index contributed by atoms with van der Waals surface area (Å²) in [4.78, 5) is 26.6. The number of amides is 2. The monoisotopic (exact) mass is 465 g/mol. The SMILES string of the molecule is CC(C)(C)OC(=O)N1C[N+]([O-])=C(c2ccccc2)/C(=C/c2ccccc2)N1C(=O)OC(C)(C)C. The Morgan fingerprint density at radius 3 is 1.88 bits per heavy atom. The lowest BCUT2D eigenvalue weighted by atomic mass is 10.0. The Bertz CT molecular complexity index is 1100. The summed E-state index contributed by atoms with van der Waals surface area (Å²) in [6.45, 7) is 9.88. The lowest BCUT2D eigenvalue weighted by molar-refractivity contribution is -0.495. The standard InChI is InChI=1S/C26H31N3O5/c1-25(2,3)33-23(30)27-18-28(32)22(20-15-11-8-12-16-20)21(17-19-13-9-7-10-14-19)29(27)24(31)34-26(4,5)6/h7-17H,18H2,1-6H3/b21-17-. The minimum Gasteiger partial charge on any atom is -0.622 e. The van der Waals surface area contributed by atoms with Gasteiger partial charge in [0.1, 0.15) is 16.9 Å². The maximum absolute atomic E-state index is 13.5. The third-order valence-electron chi connectivity index (χ3n) is 4.54. The second-order valence-corrected chi connectivity index (χ2v) is 9.85. The molecule has 2 aromatic rings. The molecule has 0 radical (unpaired) electrons. The molecule has 180 valence electrons. The predicted octanol–water partition coefficient (Wildman–Crippen LogP) is 5.39. The quantitative estimate of drug-likeness (QED) is 0.439. The number of ether oxygens (including phenoxy) is 2. The molecule has 1 heterocycles. The molecule has 0 saturated carbocycles. The number of hydrazine groups is 1. The molecule has 3 rings (SSSR count). The normalized spacial score (nSPS) is 16.0. The van der Waals surface area contributed by atoms with Crippen LogP contribution in [0.1, 0.15) is 52.7 Å². The van der Waals surface area contributed by atoms with Crippen LogP contribution >= 0.6 is 0 Å². The van der Waals surface area contributed by atoms with Crippen LogP contribution in [0.15, 0.2) is 66.4 Å². The number of hydroxylamine groups is 1. The number of allylic oxidation sites excluding steroid dienone is 1. The molecule has 0 fully saturated rings. The van der Waals surface area contributed by atoms with E-state index in [1.807, 2.05) is 36.4 Å². The van der Waals surface area contributed by atoms with Gasteiger partial charge in [-0.2, -0.15) is 9.75 Å². The molecule has 0 unspecified atom stereocenters. The van der Waals surface area contributed by atoms with Crippen LogP contribution in [0.5, 0.6) is 0 Å². The summed E-state index contributed by atoms with van der Waals surface area (Å²) in [6.07, 6.45) is 0.0283. The van der Waals surface area contributed by atoms with E-state index in [2.05, 4.69) is 0 Å². The number of benzene rings is 2. The molecular weight excluding hydrogens is 434 g/mol. The molecule has 0 N–H and O–H groups in total. The fourth-order valence-electron chi connectivity index (χ4n) is 3.29. The second kappa shape index (κ2) is 9.59. The first-order valence-corrected chi connectivity index (χ1v) is 11.0. The number of hydrogen-bond acceptors (Lipinski definition) is 5. The van der Waals surface area contributed by atoms with Gasteiger partial charge in [-0.25, -0.2) is 9.59 Å². The van der Waals surface area contributed by atoms with E-state index in [0.717, 1.165) is 15.6 Å². The zero-order chi connectivity index (χ0) is 25.1. The van der Waals surface area contributed by atoms with Crippen molar-refractivity contribution >= 4 is 24.0 Å². The summed E-state index contributed by atoms with van der Waals surface area (Å²) < 4.78 is 11.8. The van der Waals surface area contributed by atoms with E-state index in [9.17, 15) is 14.8 Å². The van der Waals surface area contributed by atoms with Gasteiger partial charge < -0.3 is 14.7 Å². The number of carbonyl (C=O) groups excluding carboxylic acids is 2. The van der Waals surface area contributed by atoms with Gasteiger partial charge in [-0.1, -0.05) is 48.5 Å². The van der Waals surface area contributed by atoms with Gasteiger partial charge in [-0.15, -0.1) is 5.01 Å². The lowest BCUT2D eigenvalue weighted by Crippen LogP contribution is -2.59. The van der Waals surface area contributed by atoms with Gasteiger partial charge in [0.05, 0.1) is 0 Å². The van der Waals surface area contributed by atoms with Crippen molar-refractivity contribution < 1.29 is 23.8 Å². The molecular formula is C26H31N3O5. The minimum absolute atomic E-state index is 0.193. The Morgan fingerprint density at radius 1 is 0.853 bits per heavy atom. The summed E-state index contributed by atoms with van der Waals surface area (Å²) in [5, 5.41) is 15.4. The highest BCUT2D eigenvalue weighted by molar-refractivity contribution is 6.13. The van der Waals surface area contributed by atoms with Gasteiger partial charge in [0, 0.05) is 5.56 Å². The Hall–Kier alpha value is -3.81. The van der Waals surface area contributed by atoms with E-state index >= 15 is 0 Å². The number of nitrogens with zero attached hydrogens (tertiary/aromatic N) is 3. The van der Waals surface area contributed by atoms with Crippen LogP contribution in [0.25, 0.3) is 6.08 Å². The van der Waals surface area contributed by atoms with Crippen LogP contribution < -0.4 is 0 Å². The smallest absolute Gasteiger partial charge is 0.435 e. The van der Waals surface area contributed by atoms with Crippen molar-refractivity contribution in [2.45, 2.75) is 52.7 Å². The zero-order valence-electron chi connectivity index (χ0n) is 20.4. The van der Waals surface area contributed by atoms with Crippen molar-refractivity contribution in [2.24, 2.45) is 0 Å². The first kappa shape index (κ1) is 24.8. The molecule has 2 amide bonds. The molecule has 2 aromatic carbocycles. The number of rotatable bonds is 2. The van der Waals surface area contributed by atoms with Gasteiger partial charge in [-0.3, -0.25) is 0 Å². The second-order valence-electron chi connectivity index (χ2n) is 9.85. The largest absolute Gasteiger partial charge is 0.622 e. The van der Waals surface area contributed by atoms with Crippen LogP contribution in [0, 0.1) is 5.21 Å². The van der Waals surface area contributed by atoms with Crippen molar-refractivity contribution in [3.05, 3.63) is 82.7 Å². The Labute approximate surface area is 200 Å². The molecule has 0 aliphatic carbocycles. The van der Waals surface area contributed by atoms with E-state index in [1.54, 1.807) is 71.9 Å². The minimum atomic E-state index is -0.842. The molecule has 0 saturated heterocycles. The summed E-state index contributed by atoms with van der Waals surface area (Å²) in [7, 11) is 0. The average molecular weight is 466 g/mol. The van der Waals surface area contributed by atoms with E-state index < -0.39 is 30.1 Å². The van der Waals surface area contributed by atoms with Crippen LogP contribution in [-0.4, -0.2) is 50.5 Å². The first-order chi connectivity index (χ1) is 15.9. The average Bonchev–Trinajstić information content (AvgIpc) is 2.72. The molecule has 0 atom stereocenters. The third-order valence-corrected chi connectivity index (χ3v) is 4.54. The van der Waals surface area contributed by atoms with Crippen molar-refractivity contribution in [3.8, 4) is 0 Å². The first-order valence-electron chi connectivity index (χ1n) is 11.0. The summed E-state index contributed by atoms with van der Waals surface area (Å²) in [6, 6.07) is 18.2. The molecule has 0 aromatic heterocycles. The highest BCUT2D eigenvalue weighted by Gasteiger charge is 2.44. The fraction of sp³-hybridized carbons (Fsp3) is 0.346. The molecule has 0 spiro atoms. The number of carbonyl (C=O) groups is 2. The predicted molar refractivity (Wildman–Crippen MR) is 130 cm³/mol. The van der Waals surface area contributed by atoms with Gasteiger partial charge in [-0.05, 0) is 65.3 Å². The van der Waals surface area contributed by atoms with Crippen molar-refractivity contribution in [1.29, 1.82) is 0 Å². The van der Waals surface area contributed by atoms with Crippen molar-refractivity contribution in [1.82, 2.24) is 10.0 Å². The van der Waals surface area contributed by atoms with E-state index in [-0.39, 0.29) is 11.4 Å². The lowest BCUT2D eigenvalue weighted by Gasteiger charge is -2.39.